The zero-order chi connectivity index (χ0) is 23.1. The third kappa shape index (κ3) is 13.5. The van der Waals surface area contributed by atoms with Gasteiger partial charge in [0.15, 0.2) is 0 Å². The standard InChI is InChI=1S/C11H19N3.C5H9N3.2C4H10/c1-9(2)14-11-8-6-4-3-5-7-10(11)12-13-14;1-5(2)8-4-3-6-7-8;2*1-4(2)3/h9H,3-8H2,1-2H3;3-5H,1-2H3;2*4H,1-3H3. The predicted molar refractivity (Wildman–Crippen MR) is 128 cm³/mol. The monoisotopic (exact) mass is 420 g/mol. The summed E-state index contributed by atoms with van der Waals surface area (Å²) < 4.78 is 3.90. The molecule has 0 saturated heterocycles. The van der Waals surface area contributed by atoms with Crippen LogP contribution in [0.1, 0.15) is 118 Å². The average molecular weight is 421 g/mol. The Balaban J connectivity index is 0.000000444. The maximum atomic E-state index is 4.29. The van der Waals surface area contributed by atoms with Crippen molar-refractivity contribution in [3.63, 3.8) is 0 Å². The van der Waals surface area contributed by atoms with Gasteiger partial charge in [-0.25, -0.2) is 4.68 Å². The average Bonchev–Trinajstić information content (AvgIpc) is 3.24. The van der Waals surface area contributed by atoms with Crippen molar-refractivity contribution >= 4 is 0 Å². The summed E-state index contributed by atoms with van der Waals surface area (Å²) in [4.78, 5) is 0. The van der Waals surface area contributed by atoms with Crippen LogP contribution >= 0.6 is 0 Å². The first kappa shape index (κ1) is 28.3. The minimum absolute atomic E-state index is 0.428. The molecule has 2 aromatic heterocycles. The first-order chi connectivity index (χ1) is 14.1. The predicted octanol–water partition coefficient (Wildman–Crippen LogP) is 6.70. The van der Waals surface area contributed by atoms with Crippen LogP contribution in [0.3, 0.4) is 0 Å². The molecule has 1 aliphatic rings. The normalized spacial score (nSPS) is 13.4. The third-order valence-electron chi connectivity index (χ3n) is 3.91. The molecule has 1 aliphatic carbocycles. The quantitative estimate of drug-likeness (QED) is 0.542. The van der Waals surface area contributed by atoms with Crippen LogP contribution in [0.2, 0.25) is 0 Å². The Kier molecular flexibility index (Phi) is 15.1. The van der Waals surface area contributed by atoms with Gasteiger partial charge in [-0.05, 0) is 65.2 Å². The smallest absolute Gasteiger partial charge is 0.0859 e. The number of fused-ring (bicyclic) bond motifs is 1. The van der Waals surface area contributed by atoms with Crippen molar-refractivity contribution in [2.24, 2.45) is 11.8 Å². The molecular weight excluding hydrogens is 372 g/mol. The molecule has 0 aliphatic heterocycles. The molecule has 0 aromatic carbocycles. The molecule has 2 aromatic rings. The maximum absolute atomic E-state index is 4.29. The molecule has 3 rings (SSSR count). The van der Waals surface area contributed by atoms with Gasteiger partial charge in [0, 0.05) is 18.3 Å². The molecule has 0 N–H and O–H groups in total. The molecule has 0 fully saturated rings. The Morgan fingerprint density at radius 1 is 0.700 bits per heavy atom. The molecule has 174 valence electrons. The summed E-state index contributed by atoms with van der Waals surface area (Å²) in [5.41, 5.74) is 2.64. The van der Waals surface area contributed by atoms with E-state index in [9.17, 15) is 0 Å². The van der Waals surface area contributed by atoms with Crippen LogP contribution < -0.4 is 0 Å². The maximum Gasteiger partial charge on any atom is 0.0859 e. The van der Waals surface area contributed by atoms with E-state index < -0.39 is 0 Å². The van der Waals surface area contributed by atoms with E-state index in [2.05, 4.69) is 94.5 Å². The molecule has 0 atom stereocenters. The molecule has 0 spiro atoms. The van der Waals surface area contributed by atoms with E-state index in [-0.39, 0.29) is 0 Å². The van der Waals surface area contributed by atoms with Crippen LogP contribution in [0, 0.1) is 11.8 Å². The highest BCUT2D eigenvalue weighted by Gasteiger charge is 2.15. The van der Waals surface area contributed by atoms with E-state index >= 15 is 0 Å². The van der Waals surface area contributed by atoms with E-state index in [1.165, 1.54) is 43.5 Å². The van der Waals surface area contributed by atoms with E-state index in [1.807, 2.05) is 6.20 Å². The molecule has 6 nitrogen and oxygen atoms in total. The lowest BCUT2D eigenvalue weighted by Gasteiger charge is -2.12. The van der Waals surface area contributed by atoms with Gasteiger partial charge in [-0.2, -0.15) is 0 Å². The number of aryl methyl sites for hydroxylation is 1. The highest BCUT2D eigenvalue weighted by molar-refractivity contribution is 5.12. The Labute approximate surface area is 185 Å². The van der Waals surface area contributed by atoms with Crippen LogP contribution in [0.25, 0.3) is 0 Å². The molecule has 0 saturated carbocycles. The van der Waals surface area contributed by atoms with Crippen LogP contribution in [0.5, 0.6) is 0 Å². The van der Waals surface area contributed by atoms with Crippen molar-refractivity contribution in [1.82, 2.24) is 30.0 Å². The molecule has 6 heteroatoms. The molecule has 0 unspecified atom stereocenters. The van der Waals surface area contributed by atoms with Gasteiger partial charge in [0.05, 0.1) is 17.6 Å². The van der Waals surface area contributed by atoms with E-state index in [0.29, 0.717) is 12.1 Å². The summed E-state index contributed by atoms with van der Waals surface area (Å²) >= 11 is 0. The van der Waals surface area contributed by atoms with E-state index in [1.54, 1.807) is 10.9 Å². The third-order valence-corrected chi connectivity index (χ3v) is 3.91. The van der Waals surface area contributed by atoms with Gasteiger partial charge in [0.25, 0.3) is 0 Å². The fraction of sp³-hybridized carbons (Fsp3) is 0.833. The Morgan fingerprint density at radius 3 is 1.63 bits per heavy atom. The summed E-state index contributed by atoms with van der Waals surface area (Å²) in [6, 6.07) is 0.878. The number of nitrogens with zero attached hydrogens (tertiary/aromatic N) is 6. The molecule has 0 radical (unpaired) electrons. The van der Waals surface area contributed by atoms with Crippen molar-refractivity contribution in [1.29, 1.82) is 0 Å². The Hall–Kier alpha value is -1.72. The number of rotatable bonds is 2. The van der Waals surface area contributed by atoms with Gasteiger partial charge in [-0.15, -0.1) is 10.2 Å². The summed E-state index contributed by atoms with van der Waals surface area (Å²) in [6.07, 6.45) is 11.1. The van der Waals surface area contributed by atoms with Crippen molar-refractivity contribution in [2.45, 2.75) is 120 Å². The van der Waals surface area contributed by atoms with Gasteiger partial charge in [0.1, 0.15) is 0 Å². The number of hydrogen-bond donors (Lipinski definition) is 0. The van der Waals surface area contributed by atoms with Crippen molar-refractivity contribution in [2.75, 3.05) is 0 Å². The van der Waals surface area contributed by atoms with Crippen LogP contribution in [0.4, 0.5) is 0 Å². The van der Waals surface area contributed by atoms with Crippen LogP contribution in [-0.4, -0.2) is 30.0 Å². The molecule has 2 heterocycles. The topological polar surface area (TPSA) is 61.4 Å². The van der Waals surface area contributed by atoms with Crippen LogP contribution in [0.15, 0.2) is 12.4 Å². The Morgan fingerprint density at radius 2 is 1.23 bits per heavy atom. The van der Waals surface area contributed by atoms with Gasteiger partial charge < -0.3 is 0 Å². The van der Waals surface area contributed by atoms with Crippen molar-refractivity contribution in [3.8, 4) is 0 Å². The second-order valence-corrected chi connectivity index (χ2v) is 9.88. The summed E-state index contributed by atoms with van der Waals surface area (Å²) in [5.74, 6) is 1.67. The molecule has 0 amide bonds. The highest BCUT2D eigenvalue weighted by Crippen LogP contribution is 2.20. The summed E-state index contributed by atoms with van der Waals surface area (Å²) in [5, 5.41) is 16.0. The lowest BCUT2D eigenvalue weighted by molar-refractivity contribution is 0.485. The van der Waals surface area contributed by atoms with Crippen molar-refractivity contribution < 1.29 is 0 Å². The van der Waals surface area contributed by atoms with Gasteiger partial charge >= 0.3 is 0 Å². The summed E-state index contributed by atoms with van der Waals surface area (Å²) in [7, 11) is 0. The fourth-order valence-electron chi connectivity index (χ4n) is 2.65. The first-order valence-corrected chi connectivity index (χ1v) is 11.8. The van der Waals surface area contributed by atoms with Gasteiger partial charge in [-0.3, -0.25) is 4.68 Å². The Bertz CT molecular complexity index is 615. The minimum Gasteiger partial charge on any atom is -0.250 e. The molecular formula is C24H48N6. The second kappa shape index (κ2) is 16.0. The van der Waals surface area contributed by atoms with Gasteiger partial charge in [-0.1, -0.05) is 64.8 Å². The summed E-state index contributed by atoms with van der Waals surface area (Å²) in [6.45, 7) is 21.5. The SMILES string of the molecule is CC(C)C.CC(C)C.CC(C)n1ccnn1.CC(C)n1nnc2c1CCCCCC2. The van der Waals surface area contributed by atoms with Crippen molar-refractivity contribution in [3.05, 3.63) is 23.8 Å². The largest absolute Gasteiger partial charge is 0.250 e. The highest BCUT2D eigenvalue weighted by atomic mass is 15.4. The lowest BCUT2D eigenvalue weighted by Crippen LogP contribution is -2.09. The zero-order valence-corrected chi connectivity index (χ0v) is 21.4. The first-order valence-electron chi connectivity index (χ1n) is 11.8. The fourth-order valence-corrected chi connectivity index (χ4v) is 2.65. The number of hydrogen-bond acceptors (Lipinski definition) is 4. The van der Waals surface area contributed by atoms with Crippen LogP contribution in [-0.2, 0) is 12.8 Å². The van der Waals surface area contributed by atoms with E-state index in [0.717, 1.165) is 18.3 Å². The minimum atomic E-state index is 0.428. The van der Waals surface area contributed by atoms with E-state index in [4.69, 9.17) is 0 Å². The molecule has 0 bridgehead atoms. The lowest BCUT2D eigenvalue weighted by atomic mass is 10.0. The van der Waals surface area contributed by atoms with Gasteiger partial charge in [0.2, 0.25) is 0 Å². The number of aromatic nitrogens is 6. The zero-order valence-electron chi connectivity index (χ0n) is 21.4. The molecule has 30 heavy (non-hydrogen) atoms. The second-order valence-electron chi connectivity index (χ2n) is 9.88.